The van der Waals surface area contributed by atoms with Gasteiger partial charge in [-0.25, -0.2) is 8.78 Å². The van der Waals surface area contributed by atoms with Crippen molar-refractivity contribution in [1.29, 1.82) is 0 Å². The lowest BCUT2D eigenvalue weighted by Crippen LogP contribution is -2.51. The summed E-state index contributed by atoms with van der Waals surface area (Å²) >= 11 is 0. The van der Waals surface area contributed by atoms with E-state index in [1.165, 1.54) is 6.07 Å². The third-order valence-corrected chi connectivity index (χ3v) is 10.0. The number of benzene rings is 2. The number of rotatable bonds is 8. The van der Waals surface area contributed by atoms with Gasteiger partial charge in [0.2, 0.25) is 5.91 Å². The number of amides is 2. The Hall–Kier alpha value is -4.05. The first-order valence-electron chi connectivity index (χ1n) is 15.7. The van der Waals surface area contributed by atoms with E-state index in [1.54, 1.807) is 17.9 Å². The van der Waals surface area contributed by atoms with Gasteiger partial charge in [-0.1, -0.05) is 32.0 Å². The van der Waals surface area contributed by atoms with E-state index in [0.29, 0.717) is 30.9 Å². The first-order valence-corrected chi connectivity index (χ1v) is 15.7. The number of halogens is 2. The van der Waals surface area contributed by atoms with Crippen LogP contribution in [0.2, 0.25) is 0 Å². The van der Waals surface area contributed by atoms with Crippen molar-refractivity contribution in [1.82, 2.24) is 20.1 Å². The third kappa shape index (κ3) is 5.43. The second-order valence-corrected chi connectivity index (χ2v) is 13.1. The molecule has 6 rings (SSSR count). The van der Waals surface area contributed by atoms with E-state index in [-0.39, 0.29) is 35.3 Å². The van der Waals surface area contributed by atoms with E-state index in [4.69, 9.17) is 4.74 Å². The van der Waals surface area contributed by atoms with Crippen molar-refractivity contribution in [3.05, 3.63) is 82.2 Å². The summed E-state index contributed by atoms with van der Waals surface area (Å²) in [4.78, 5) is 42.6. The van der Waals surface area contributed by atoms with E-state index < -0.39 is 42.0 Å². The molecule has 45 heavy (non-hydrogen) atoms. The van der Waals surface area contributed by atoms with Crippen LogP contribution in [-0.4, -0.2) is 53.0 Å². The Morgan fingerprint density at radius 2 is 1.84 bits per heavy atom. The number of aromatic nitrogens is 1. The number of hydrogen-bond acceptors (Lipinski definition) is 5. The van der Waals surface area contributed by atoms with Gasteiger partial charge in [0.05, 0.1) is 19.1 Å². The van der Waals surface area contributed by atoms with Crippen LogP contribution in [0.15, 0.2) is 42.5 Å². The van der Waals surface area contributed by atoms with Crippen LogP contribution in [-0.2, 0) is 27.4 Å². The van der Waals surface area contributed by atoms with E-state index >= 15 is 8.78 Å². The molecule has 2 aliphatic heterocycles. The molecule has 3 aromatic rings. The summed E-state index contributed by atoms with van der Waals surface area (Å²) in [6.45, 7) is 12.1. The molecule has 2 N–H and O–H groups in total. The molecule has 1 aromatic heterocycles. The minimum absolute atomic E-state index is 0.0960. The lowest BCUT2D eigenvalue weighted by atomic mass is 9.91. The standard InChI is InChI=1S/C35H40F2N4O4/c1-6-45-28(42)16-26(23-14-21(15-25(36)31(23)37)29-19(2)8-7-9-20(29)3)39-33(43)32-30-24(35(30,4)5)18-41(32)34(44)27-11-10-22-17-38-12-13-40(22)27/h7-11,14-15,24,26,30,32,38H,6,12-13,16-18H2,1-5H3,(H,39,43)/t24-,26-,30-,32-/m0/s1. The number of likely N-dealkylation sites (tertiary alicyclic amines) is 1. The molecule has 0 bridgehead atoms. The normalized spacial score (nSPS) is 21.9. The number of carbonyl (C=O) groups excluding carboxylic acids is 3. The van der Waals surface area contributed by atoms with Gasteiger partial charge in [0, 0.05) is 37.4 Å². The van der Waals surface area contributed by atoms with E-state index in [2.05, 4.69) is 24.5 Å². The molecule has 3 aliphatic rings. The third-order valence-electron chi connectivity index (χ3n) is 10.0. The summed E-state index contributed by atoms with van der Waals surface area (Å²) in [6, 6.07) is 9.98. The van der Waals surface area contributed by atoms with Crippen molar-refractivity contribution in [2.75, 3.05) is 19.7 Å². The van der Waals surface area contributed by atoms with Crippen LogP contribution in [0.25, 0.3) is 11.1 Å². The fourth-order valence-corrected chi connectivity index (χ4v) is 7.63. The zero-order chi connectivity index (χ0) is 32.2. The Bertz CT molecular complexity index is 1660. The lowest BCUT2D eigenvalue weighted by molar-refractivity contribution is -0.144. The molecule has 1 saturated carbocycles. The smallest absolute Gasteiger partial charge is 0.308 e. The van der Waals surface area contributed by atoms with Crippen LogP contribution >= 0.6 is 0 Å². The summed E-state index contributed by atoms with van der Waals surface area (Å²) in [5.41, 5.74) is 4.16. The molecule has 8 nitrogen and oxygen atoms in total. The van der Waals surface area contributed by atoms with Gasteiger partial charge < -0.3 is 24.8 Å². The molecule has 0 spiro atoms. The summed E-state index contributed by atoms with van der Waals surface area (Å²) in [6.07, 6.45) is -0.399. The lowest BCUT2D eigenvalue weighted by Gasteiger charge is -2.32. The molecule has 238 valence electrons. The second-order valence-electron chi connectivity index (χ2n) is 13.1. The van der Waals surface area contributed by atoms with Crippen molar-refractivity contribution in [3.8, 4) is 11.1 Å². The van der Waals surface area contributed by atoms with E-state index in [1.807, 2.05) is 42.7 Å². The van der Waals surface area contributed by atoms with Crippen LogP contribution < -0.4 is 10.6 Å². The van der Waals surface area contributed by atoms with Crippen LogP contribution in [0.1, 0.15) is 66.1 Å². The number of nitrogens with zero attached hydrogens (tertiary/aromatic N) is 2. The molecule has 3 heterocycles. The highest BCUT2D eigenvalue weighted by molar-refractivity contribution is 5.98. The van der Waals surface area contributed by atoms with Crippen molar-refractivity contribution < 1.29 is 27.9 Å². The number of aryl methyl sites for hydroxylation is 2. The highest BCUT2D eigenvalue weighted by Crippen LogP contribution is 2.65. The Morgan fingerprint density at radius 1 is 1.11 bits per heavy atom. The second kappa shape index (κ2) is 11.7. The predicted octanol–water partition coefficient (Wildman–Crippen LogP) is 5.06. The van der Waals surface area contributed by atoms with Crippen LogP contribution in [0.5, 0.6) is 0 Å². The Morgan fingerprint density at radius 3 is 2.56 bits per heavy atom. The molecule has 0 radical (unpaired) electrons. The number of ether oxygens (including phenoxy) is 1. The molecular weight excluding hydrogens is 578 g/mol. The molecule has 2 amide bonds. The number of fused-ring (bicyclic) bond motifs is 2. The van der Waals surface area contributed by atoms with Gasteiger partial charge in [-0.2, -0.15) is 0 Å². The van der Waals surface area contributed by atoms with Crippen molar-refractivity contribution in [2.45, 2.75) is 66.2 Å². The maximum absolute atomic E-state index is 15.6. The highest BCUT2D eigenvalue weighted by atomic mass is 19.2. The molecule has 10 heteroatoms. The quantitative estimate of drug-likeness (QED) is 0.345. The number of hydrogen-bond donors (Lipinski definition) is 2. The zero-order valence-electron chi connectivity index (χ0n) is 26.4. The average Bonchev–Trinajstić information content (AvgIpc) is 3.35. The number of piperidine rings is 1. The van der Waals surface area contributed by atoms with Crippen molar-refractivity contribution in [2.24, 2.45) is 17.3 Å². The largest absolute Gasteiger partial charge is 0.466 e. The monoisotopic (exact) mass is 618 g/mol. The topological polar surface area (TPSA) is 92.7 Å². The van der Waals surface area contributed by atoms with E-state index in [0.717, 1.165) is 35.0 Å². The van der Waals surface area contributed by atoms with E-state index in [9.17, 15) is 14.4 Å². The minimum Gasteiger partial charge on any atom is -0.466 e. The van der Waals surface area contributed by atoms with Gasteiger partial charge in [0.15, 0.2) is 11.6 Å². The summed E-state index contributed by atoms with van der Waals surface area (Å²) in [5.74, 6) is -3.59. The van der Waals surface area contributed by atoms with Gasteiger partial charge in [-0.05, 0) is 84.5 Å². The van der Waals surface area contributed by atoms with Crippen molar-refractivity contribution in [3.63, 3.8) is 0 Å². The summed E-state index contributed by atoms with van der Waals surface area (Å²) in [7, 11) is 0. The number of nitrogens with one attached hydrogen (secondary N) is 2. The summed E-state index contributed by atoms with van der Waals surface area (Å²) in [5, 5.41) is 6.17. The van der Waals surface area contributed by atoms with Gasteiger partial charge in [-0.15, -0.1) is 0 Å². The molecule has 2 aromatic carbocycles. The fraction of sp³-hybridized carbons (Fsp3) is 0.457. The van der Waals surface area contributed by atoms with Gasteiger partial charge in [0.1, 0.15) is 11.7 Å². The Balaban J connectivity index is 1.35. The van der Waals surface area contributed by atoms with Gasteiger partial charge >= 0.3 is 5.97 Å². The molecular formula is C35H40F2N4O4. The predicted molar refractivity (Wildman–Crippen MR) is 165 cm³/mol. The average molecular weight is 619 g/mol. The Kier molecular flexibility index (Phi) is 8.05. The SMILES string of the molecule is CCOC(=O)C[C@H](NC(=O)[C@@H]1[C@@H]2[C@H](CN1C(=O)c1ccc3n1CCNC3)C2(C)C)c1cc(-c2c(C)cccc2C)cc(F)c1F. The molecule has 1 saturated heterocycles. The van der Waals surface area contributed by atoms with Crippen LogP contribution in [0.3, 0.4) is 0 Å². The maximum atomic E-state index is 15.6. The molecule has 2 fully saturated rings. The molecule has 1 aliphatic carbocycles. The van der Waals surface area contributed by atoms with Gasteiger partial charge in [-0.3, -0.25) is 14.4 Å². The maximum Gasteiger partial charge on any atom is 0.308 e. The summed E-state index contributed by atoms with van der Waals surface area (Å²) < 4.78 is 38.0. The molecule has 0 unspecified atom stereocenters. The Labute approximate surface area is 262 Å². The fourth-order valence-electron chi connectivity index (χ4n) is 7.63. The first kappa shape index (κ1) is 31.0. The highest BCUT2D eigenvalue weighted by Gasteiger charge is 2.69. The minimum atomic E-state index is -1.22. The number of carbonyl (C=O) groups is 3. The number of esters is 1. The first-order chi connectivity index (χ1) is 21.4. The zero-order valence-corrected chi connectivity index (χ0v) is 26.4. The van der Waals surface area contributed by atoms with Crippen LogP contribution in [0.4, 0.5) is 8.78 Å². The molecule has 4 atom stereocenters. The van der Waals surface area contributed by atoms with Crippen molar-refractivity contribution >= 4 is 17.8 Å². The van der Waals surface area contributed by atoms with Crippen LogP contribution in [0, 0.1) is 42.7 Å². The van der Waals surface area contributed by atoms with Gasteiger partial charge in [0.25, 0.3) is 5.91 Å².